The molecule has 0 spiro atoms. The first-order valence-corrected chi connectivity index (χ1v) is 8.98. The molecule has 2 aromatic carbocycles. The Bertz CT molecular complexity index is 1120. The molecule has 3 aromatic rings. The minimum atomic E-state index is -0.422. The molecule has 2 heterocycles. The summed E-state index contributed by atoms with van der Waals surface area (Å²) in [6.45, 7) is 3.06. The average molecular weight is 380 g/mol. The van der Waals surface area contributed by atoms with E-state index in [-0.39, 0.29) is 24.3 Å². The molecule has 4 rings (SSSR count). The highest BCUT2D eigenvalue weighted by Gasteiger charge is 2.17. The Morgan fingerprint density at radius 3 is 2.79 bits per heavy atom. The van der Waals surface area contributed by atoms with Crippen LogP contribution in [0.25, 0.3) is 10.9 Å². The first kappa shape index (κ1) is 17.9. The Balaban J connectivity index is 1.63. The molecule has 28 heavy (non-hydrogen) atoms. The fourth-order valence-corrected chi connectivity index (χ4v) is 3.26. The summed E-state index contributed by atoms with van der Waals surface area (Å²) >= 11 is 0. The van der Waals surface area contributed by atoms with Crippen molar-refractivity contribution >= 4 is 16.8 Å². The van der Waals surface area contributed by atoms with Crippen molar-refractivity contribution in [1.29, 1.82) is 0 Å². The second-order valence-corrected chi connectivity index (χ2v) is 6.41. The predicted octanol–water partition coefficient (Wildman–Crippen LogP) is 2.69. The molecule has 1 aliphatic heterocycles. The van der Waals surface area contributed by atoms with Gasteiger partial charge in [-0.3, -0.25) is 9.59 Å². The van der Waals surface area contributed by atoms with Crippen molar-refractivity contribution in [2.75, 3.05) is 13.9 Å². The SMILES string of the molecule is CCn1cc(C(=O)NCc2ccc3c(c2)OCO3)c(=O)c2cc(OC)ccc21. The van der Waals surface area contributed by atoms with E-state index in [0.717, 1.165) is 11.1 Å². The number of hydrogen-bond donors (Lipinski definition) is 1. The zero-order valence-electron chi connectivity index (χ0n) is 15.7. The van der Waals surface area contributed by atoms with Gasteiger partial charge in [0.25, 0.3) is 5.91 Å². The molecule has 1 aromatic heterocycles. The van der Waals surface area contributed by atoms with E-state index in [1.54, 1.807) is 31.5 Å². The lowest BCUT2D eigenvalue weighted by Gasteiger charge is -2.13. The lowest BCUT2D eigenvalue weighted by atomic mass is 10.1. The van der Waals surface area contributed by atoms with Gasteiger partial charge in [0.05, 0.1) is 18.0 Å². The number of rotatable bonds is 5. The zero-order valence-corrected chi connectivity index (χ0v) is 15.7. The van der Waals surface area contributed by atoms with E-state index in [0.29, 0.717) is 29.2 Å². The second kappa shape index (κ2) is 7.26. The van der Waals surface area contributed by atoms with Gasteiger partial charge in [0.1, 0.15) is 11.3 Å². The van der Waals surface area contributed by atoms with E-state index in [1.807, 2.05) is 29.7 Å². The molecule has 1 N–H and O–H groups in total. The fraction of sp³-hybridized carbons (Fsp3) is 0.238. The molecular formula is C21H20N2O5. The number of hydrogen-bond acceptors (Lipinski definition) is 5. The molecule has 0 atom stereocenters. The highest BCUT2D eigenvalue weighted by atomic mass is 16.7. The Kier molecular flexibility index (Phi) is 4.65. The van der Waals surface area contributed by atoms with Crippen LogP contribution in [0.5, 0.6) is 17.2 Å². The van der Waals surface area contributed by atoms with Crippen LogP contribution in [0, 0.1) is 0 Å². The molecule has 0 radical (unpaired) electrons. The van der Waals surface area contributed by atoms with E-state index in [1.165, 1.54) is 0 Å². The van der Waals surface area contributed by atoms with Crippen molar-refractivity contribution in [1.82, 2.24) is 9.88 Å². The molecule has 0 unspecified atom stereocenters. The van der Waals surface area contributed by atoms with E-state index in [4.69, 9.17) is 14.2 Å². The minimum absolute atomic E-state index is 0.100. The third-order valence-corrected chi connectivity index (χ3v) is 4.76. The first-order chi connectivity index (χ1) is 13.6. The number of ether oxygens (including phenoxy) is 3. The third kappa shape index (κ3) is 3.15. The van der Waals surface area contributed by atoms with Gasteiger partial charge in [-0.25, -0.2) is 0 Å². The Morgan fingerprint density at radius 1 is 1.18 bits per heavy atom. The fourth-order valence-electron chi connectivity index (χ4n) is 3.26. The van der Waals surface area contributed by atoms with Crippen molar-refractivity contribution in [3.05, 3.63) is 63.9 Å². The van der Waals surface area contributed by atoms with Crippen LogP contribution >= 0.6 is 0 Å². The van der Waals surface area contributed by atoms with Gasteiger partial charge in [-0.2, -0.15) is 0 Å². The summed E-state index contributed by atoms with van der Waals surface area (Å²) in [4.78, 5) is 25.6. The molecule has 0 saturated heterocycles. The third-order valence-electron chi connectivity index (χ3n) is 4.76. The number of pyridine rings is 1. The Morgan fingerprint density at radius 2 is 2.00 bits per heavy atom. The van der Waals surface area contributed by atoms with Crippen LogP contribution in [0.15, 0.2) is 47.4 Å². The maximum absolute atomic E-state index is 12.9. The number of amides is 1. The summed E-state index contributed by atoms with van der Waals surface area (Å²) in [6, 6.07) is 10.8. The molecule has 0 fully saturated rings. The van der Waals surface area contributed by atoms with Gasteiger partial charge in [0.2, 0.25) is 12.2 Å². The van der Waals surface area contributed by atoms with Gasteiger partial charge in [0.15, 0.2) is 11.5 Å². The first-order valence-electron chi connectivity index (χ1n) is 8.98. The van der Waals surface area contributed by atoms with Crippen LogP contribution in [0.3, 0.4) is 0 Å². The normalized spacial score (nSPS) is 12.2. The van der Waals surface area contributed by atoms with Gasteiger partial charge < -0.3 is 24.1 Å². The van der Waals surface area contributed by atoms with Crippen LogP contribution in [0.4, 0.5) is 0 Å². The number of carbonyl (C=O) groups excluding carboxylic acids is 1. The molecule has 0 bridgehead atoms. The van der Waals surface area contributed by atoms with Crippen molar-refractivity contribution in [3.8, 4) is 17.2 Å². The second-order valence-electron chi connectivity index (χ2n) is 6.41. The molecule has 0 aliphatic carbocycles. The monoisotopic (exact) mass is 380 g/mol. The summed E-state index contributed by atoms with van der Waals surface area (Å²) in [6.07, 6.45) is 1.60. The van der Waals surface area contributed by atoms with E-state index >= 15 is 0 Å². The summed E-state index contributed by atoms with van der Waals surface area (Å²) in [5.41, 5.74) is 1.40. The summed E-state index contributed by atoms with van der Waals surface area (Å²) in [7, 11) is 1.54. The molecule has 1 aliphatic rings. The number of carbonyl (C=O) groups is 1. The van der Waals surface area contributed by atoms with Gasteiger partial charge in [-0.05, 0) is 42.8 Å². The summed E-state index contributed by atoms with van der Waals surface area (Å²) < 4.78 is 17.7. The number of nitrogens with zero attached hydrogens (tertiary/aromatic N) is 1. The van der Waals surface area contributed by atoms with E-state index in [2.05, 4.69) is 5.32 Å². The molecule has 1 amide bonds. The van der Waals surface area contributed by atoms with Gasteiger partial charge in [-0.1, -0.05) is 6.07 Å². The number of methoxy groups -OCH3 is 1. The smallest absolute Gasteiger partial charge is 0.257 e. The van der Waals surface area contributed by atoms with Crippen LogP contribution in [0.1, 0.15) is 22.8 Å². The van der Waals surface area contributed by atoms with Gasteiger partial charge >= 0.3 is 0 Å². The Labute approximate surface area is 161 Å². The summed E-state index contributed by atoms with van der Waals surface area (Å²) in [5.74, 6) is 1.49. The largest absolute Gasteiger partial charge is 0.497 e. The Hall–Kier alpha value is -3.48. The summed E-state index contributed by atoms with van der Waals surface area (Å²) in [5, 5.41) is 3.27. The maximum Gasteiger partial charge on any atom is 0.257 e. The molecule has 0 saturated carbocycles. The van der Waals surface area contributed by atoms with Crippen LogP contribution in [-0.2, 0) is 13.1 Å². The van der Waals surface area contributed by atoms with Gasteiger partial charge in [-0.15, -0.1) is 0 Å². The molecular weight excluding hydrogens is 360 g/mol. The number of aryl methyl sites for hydroxylation is 1. The zero-order chi connectivity index (χ0) is 19.7. The number of fused-ring (bicyclic) bond motifs is 2. The van der Waals surface area contributed by atoms with Crippen molar-refractivity contribution < 1.29 is 19.0 Å². The topological polar surface area (TPSA) is 78.8 Å². The molecule has 7 nitrogen and oxygen atoms in total. The highest BCUT2D eigenvalue weighted by molar-refractivity contribution is 5.97. The minimum Gasteiger partial charge on any atom is -0.497 e. The molecule has 7 heteroatoms. The standard InChI is InChI=1S/C21H20N2O5/c1-3-23-11-16(20(24)15-9-14(26-2)5-6-17(15)23)21(25)22-10-13-4-7-18-19(8-13)28-12-27-18/h4-9,11H,3,10,12H2,1-2H3,(H,22,25). The van der Waals surface area contributed by atoms with Gasteiger partial charge in [0, 0.05) is 19.3 Å². The molecule has 144 valence electrons. The predicted molar refractivity (Wildman–Crippen MR) is 104 cm³/mol. The number of aromatic nitrogens is 1. The van der Waals surface area contributed by atoms with Crippen LogP contribution < -0.4 is 25.0 Å². The van der Waals surface area contributed by atoms with Crippen molar-refractivity contribution in [3.63, 3.8) is 0 Å². The van der Waals surface area contributed by atoms with Crippen LogP contribution in [-0.4, -0.2) is 24.4 Å². The lowest BCUT2D eigenvalue weighted by molar-refractivity contribution is 0.0949. The van der Waals surface area contributed by atoms with Crippen LogP contribution in [0.2, 0.25) is 0 Å². The quantitative estimate of drug-likeness (QED) is 0.736. The maximum atomic E-state index is 12.9. The van der Waals surface area contributed by atoms with Crippen molar-refractivity contribution in [2.24, 2.45) is 0 Å². The van der Waals surface area contributed by atoms with E-state index < -0.39 is 5.91 Å². The lowest BCUT2D eigenvalue weighted by Crippen LogP contribution is -2.29. The number of nitrogens with one attached hydrogen (secondary N) is 1. The highest BCUT2D eigenvalue weighted by Crippen LogP contribution is 2.32. The van der Waals surface area contributed by atoms with E-state index in [9.17, 15) is 9.59 Å². The number of benzene rings is 2. The average Bonchev–Trinajstić information content (AvgIpc) is 3.20. The van der Waals surface area contributed by atoms with Crippen molar-refractivity contribution in [2.45, 2.75) is 20.0 Å².